The molecular weight excluding hydrogens is 399 g/mol. The van der Waals surface area contributed by atoms with E-state index in [1.165, 1.54) is 12.1 Å². The van der Waals surface area contributed by atoms with E-state index < -0.39 is 0 Å². The number of benzene rings is 2. The summed E-state index contributed by atoms with van der Waals surface area (Å²) < 4.78 is 30.2. The van der Waals surface area contributed by atoms with E-state index in [1.54, 1.807) is 6.07 Å². The molecule has 1 aliphatic rings. The fraction of sp³-hybridized carbons (Fsp3) is 0.458. The second-order valence-corrected chi connectivity index (χ2v) is 7.41. The summed E-state index contributed by atoms with van der Waals surface area (Å²) in [5.74, 6) is 1.69. The third-order valence-electron chi connectivity index (χ3n) is 5.46. The van der Waals surface area contributed by atoms with Crippen molar-refractivity contribution in [2.75, 3.05) is 40.0 Å². The molecule has 1 N–H and O–H groups in total. The SMILES string of the molecule is CCOc1ccccc1OCCCN1CCC(c2noc3cc(F)ccc23)CC1.CO. The fourth-order valence-electron chi connectivity index (χ4n) is 3.97. The lowest BCUT2D eigenvalue weighted by molar-refractivity contribution is 0.188. The number of fused-ring (bicyclic) bond motifs is 1. The van der Waals surface area contributed by atoms with Crippen molar-refractivity contribution in [3.05, 3.63) is 54.0 Å². The van der Waals surface area contributed by atoms with Gasteiger partial charge in [0.25, 0.3) is 0 Å². The van der Waals surface area contributed by atoms with E-state index in [1.807, 2.05) is 31.2 Å². The van der Waals surface area contributed by atoms with Gasteiger partial charge in [-0.2, -0.15) is 0 Å². The van der Waals surface area contributed by atoms with Gasteiger partial charge in [-0.05, 0) is 63.5 Å². The molecule has 0 spiro atoms. The van der Waals surface area contributed by atoms with E-state index in [2.05, 4.69) is 10.1 Å². The summed E-state index contributed by atoms with van der Waals surface area (Å²) in [6, 6.07) is 12.5. The predicted octanol–water partition coefficient (Wildman–Crippen LogP) is 4.62. The number of aliphatic hydroxyl groups excluding tert-OH is 1. The Morgan fingerprint density at radius 2 is 1.81 bits per heavy atom. The maximum atomic E-state index is 13.3. The molecule has 31 heavy (non-hydrogen) atoms. The monoisotopic (exact) mass is 430 g/mol. The van der Waals surface area contributed by atoms with Crippen LogP contribution in [-0.2, 0) is 0 Å². The number of aliphatic hydroxyl groups is 1. The highest BCUT2D eigenvalue weighted by Crippen LogP contribution is 2.33. The molecule has 0 aliphatic carbocycles. The molecule has 1 aromatic heterocycles. The Bertz CT molecular complexity index is 938. The Kier molecular flexibility index (Phi) is 8.67. The lowest BCUT2D eigenvalue weighted by atomic mass is 9.91. The number of ether oxygens (including phenoxy) is 2. The number of hydrogen-bond donors (Lipinski definition) is 1. The Morgan fingerprint density at radius 1 is 1.10 bits per heavy atom. The van der Waals surface area contributed by atoms with Crippen molar-refractivity contribution in [1.29, 1.82) is 0 Å². The van der Waals surface area contributed by atoms with Gasteiger partial charge >= 0.3 is 0 Å². The standard InChI is InChI=1S/C23H27FN2O3.CH4O/c1-2-27-20-6-3-4-7-21(20)28-15-5-12-26-13-10-17(11-14-26)23-19-9-8-18(24)16-22(19)29-25-23;1-2/h3-4,6-9,16-17H,2,5,10-15H2,1H3;2H,1H3. The largest absolute Gasteiger partial charge is 0.490 e. The summed E-state index contributed by atoms with van der Waals surface area (Å²) in [5.41, 5.74) is 1.50. The van der Waals surface area contributed by atoms with E-state index in [9.17, 15) is 4.39 Å². The van der Waals surface area contributed by atoms with E-state index in [4.69, 9.17) is 19.1 Å². The summed E-state index contributed by atoms with van der Waals surface area (Å²) in [4.78, 5) is 2.47. The number of likely N-dealkylation sites (tertiary alicyclic amines) is 1. The molecule has 0 atom stereocenters. The first-order valence-corrected chi connectivity index (χ1v) is 10.8. The van der Waals surface area contributed by atoms with Crippen molar-refractivity contribution in [3.63, 3.8) is 0 Å². The lowest BCUT2D eigenvalue weighted by Crippen LogP contribution is -2.34. The molecule has 2 aromatic carbocycles. The molecule has 168 valence electrons. The average molecular weight is 431 g/mol. The molecule has 4 rings (SSSR count). The molecular formula is C24H31FN2O4. The zero-order chi connectivity index (χ0) is 22.1. The molecule has 6 nitrogen and oxygen atoms in total. The minimum absolute atomic E-state index is 0.291. The van der Waals surface area contributed by atoms with Gasteiger partial charge in [-0.15, -0.1) is 0 Å². The molecule has 1 aliphatic heterocycles. The van der Waals surface area contributed by atoms with Crippen LogP contribution in [0.5, 0.6) is 11.5 Å². The number of nitrogens with zero attached hydrogens (tertiary/aromatic N) is 2. The van der Waals surface area contributed by atoms with E-state index in [-0.39, 0.29) is 5.82 Å². The second-order valence-electron chi connectivity index (χ2n) is 7.41. The Labute approximate surface area is 182 Å². The molecule has 0 amide bonds. The average Bonchev–Trinajstić information content (AvgIpc) is 3.23. The van der Waals surface area contributed by atoms with Gasteiger partial charge in [0, 0.05) is 31.0 Å². The number of piperidine rings is 1. The zero-order valence-electron chi connectivity index (χ0n) is 18.2. The number of para-hydroxylation sites is 2. The van der Waals surface area contributed by atoms with Crippen LogP contribution in [-0.4, -0.2) is 55.1 Å². The predicted molar refractivity (Wildman–Crippen MR) is 118 cm³/mol. The molecule has 0 bridgehead atoms. The normalized spacial score (nSPS) is 14.8. The number of aromatic nitrogens is 1. The molecule has 0 saturated carbocycles. The molecule has 1 fully saturated rings. The lowest BCUT2D eigenvalue weighted by Gasteiger charge is -2.31. The second kappa shape index (κ2) is 11.7. The van der Waals surface area contributed by atoms with Crippen LogP contribution in [0.15, 0.2) is 47.0 Å². The van der Waals surface area contributed by atoms with Crippen molar-refractivity contribution in [2.24, 2.45) is 0 Å². The van der Waals surface area contributed by atoms with Gasteiger partial charge in [0.05, 0.1) is 18.9 Å². The van der Waals surface area contributed by atoms with Crippen LogP contribution in [0.25, 0.3) is 11.0 Å². The smallest absolute Gasteiger partial charge is 0.170 e. The van der Waals surface area contributed by atoms with Crippen LogP contribution < -0.4 is 9.47 Å². The van der Waals surface area contributed by atoms with Gasteiger partial charge in [-0.1, -0.05) is 17.3 Å². The molecule has 0 unspecified atom stereocenters. The fourth-order valence-corrected chi connectivity index (χ4v) is 3.97. The third kappa shape index (κ3) is 5.95. The van der Waals surface area contributed by atoms with E-state index in [0.29, 0.717) is 24.7 Å². The van der Waals surface area contributed by atoms with Crippen LogP contribution in [0.1, 0.15) is 37.8 Å². The minimum Gasteiger partial charge on any atom is -0.490 e. The third-order valence-corrected chi connectivity index (χ3v) is 5.46. The maximum absolute atomic E-state index is 13.3. The summed E-state index contributed by atoms with van der Waals surface area (Å²) in [6.07, 6.45) is 3.04. The van der Waals surface area contributed by atoms with Crippen molar-refractivity contribution in [3.8, 4) is 11.5 Å². The summed E-state index contributed by atoms with van der Waals surface area (Å²) in [5, 5.41) is 12.2. The number of halogens is 1. The molecule has 2 heterocycles. The van der Waals surface area contributed by atoms with Crippen LogP contribution >= 0.6 is 0 Å². The van der Waals surface area contributed by atoms with Crippen molar-refractivity contribution >= 4 is 11.0 Å². The van der Waals surface area contributed by atoms with Gasteiger partial charge < -0.3 is 24.0 Å². The van der Waals surface area contributed by atoms with Crippen molar-refractivity contribution < 1.29 is 23.5 Å². The van der Waals surface area contributed by atoms with E-state index >= 15 is 0 Å². The highest BCUT2D eigenvalue weighted by molar-refractivity contribution is 5.79. The van der Waals surface area contributed by atoms with Gasteiger partial charge in [0.1, 0.15) is 5.82 Å². The van der Waals surface area contributed by atoms with Gasteiger partial charge in [-0.3, -0.25) is 0 Å². The first-order valence-electron chi connectivity index (χ1n) is 10.8. The van der Waals surface area contributed by atoms with Crippen molar-refractivity contribution in [1.82, 2.24) is 10.1 Å². The molecule has 0 radical (unpaired) electrons. The summed E-state index contributed by atoms with van der Waals surface area (Å²) >= 11 is 0. The maximum Gasteiger partial charge on any atom is 0.170 e. The molecule has 3 aromatic rings. The Balaban J connectivity index is 0.00000132. The first-order chi connectivity index (χ1) is 15.2. The van der Waals surface area contributed by atoms with Gasteiger partial charge in [0.2, 0.25) is 0 Å². The highest BCUT2D eigenvalue weighted by atomic mass is 19.1. The first kappa shape index (κ1) is 23.0. The quantitative estimate of drug-likeness (QED) is 0.526. The Hall–Kier alpha value is -2.64. The number of hydrogen-bond acceptors (Lipinski definition) is 6. The van der Waals surface area contributed by atoms with Gasteiger partial charge in [-0.25, -0.2) is 4.39 Å². The number of rotatable bonds is 8. The van der Waals surface area contributed by atoms with E-state index in [0.717, 1.165) is 68.6 Å². The van der Waals surface area contributed by atoms with Crippen LogP contribution in [0.3, 0.4) is 0 Å². The summed E-state index contributed by atoms with van der Waals surface area (Å²) in [7, 11) is 1.00. The topological polar surface area (TPSA) is 68.0 Å². The van der Waals surface area contributed by atoms with Crippen LogP contribution in [0, 0.1) is 5.82 Å². The zero-order valence-corrected chi connectivity index (χ0v) is 18.2. The minimum atomic E-state index is -0.291. The Morgan fingerprint density at radius 3 is 2.52 bits per heavy atom. The van der Waals surface area contributed by atoms with Crippen LogP contribution in [0.2, 0.25) is 0 Å². The summed E-state index contributed by atoms with van der Waals surface area (Å²) in [6.45, 7) is 6.33. The molecule has 1 saturated heterocycles. The molecule has 7 heteroatoms. The van der Waals surface area contributed by atoms with Crippen LogP contribution in [0.4, 0.5) is 4.39 Å². The van der Waals surface area contributed by atoms with Crippen molar-refractivity contribution in [2.45, 2.75) is 32.1 Å². The highest BCUT2D eigenvalue weighted by Gasteiger charge is 2.25. The van der Waals surface area contributed by atoms with Gasteiger partial charge in [0.15, 0.2) is 17.1 Å².